The molecule has 0 saturated heterocycles. The van der Waals surface area contributed by atoms with E-state index in [1.54, 1.807) is 24.5 Å². The molecule has 0 aliphatic rings. The first-order chi connectivity index (χ1) is 14.3. The van der Waals surface area contributed by atoms with E-state index in [0.29, 0.717) is 6.54 Å². The van der Waals surface area contributed by atoms with E-state index in [1.807, 2.05) is 24.3 Å². The van der Waals surface area contributed by atoms with Gasteiger partial charge in [0.25, 0.3) is 0 Å². The lowest BCUT2D eigenvalue weighted by Gasteiger charge is -2.09. The van der Waals surface area contributed by atoms with E-state index < -0.39 is 0 Å². The number of pyridine rings is 1. The van der Waals surface area contributed by atoms with Crippen LogP contribution in [0.25, 0.3) is 11.6 Å². The maximum absolute atomic E-state index is 11.9. The van der Waals surface area contributed by atoms with Gasteiger partial charge in [0.2, 0.25) is 5.91 Å². The molecule has 0 bridgehead atoms. The molecular weight excluding hydrogens is 356 g/mol. The molecule has 3 rings (SSSR count). The van der Waals surface area contributed by atoms with Crippen molar-refractivity contribution in [3.8, 4) is 0 Å². The molecule has 0 unspecified atom stereocenters. The maximum Gasteiger partial charge on any atom is 0.243 e. The minimum atomic E-state index is -0.0707. The molecule has 0 radical (unpaired) electrons. The largest absolute Gasteiger partial charge is 0.353 e. The third kappa shape index (κ3) is 6.89. The molecule has 3 aromatic rings. The van der Waals surface area contributed by atoms with Gasteiger partial charge in [0, 0.05) is 25.0 Å². The molecule has 3 nitrogen and oxygen atoms in total. The summed E-state index contributed by atoms with van der Waals surface area (Å²) in [5, 5.41) is 2.94. The zero-order chi connectivity index (χ0) is 20.2. The first kappa shape index (κ1) is 20.3. The highest BCUT2D eigenvalue weighted by molar-refractivity contribution is 5.91. The highest BCUT2D eigenvalue weighted by Crippen LogP contribution is 2.24. The number of unbranched alkanes of at least 4 members (excludes halogenated alkanes) is 2. The molecule has 1 aromatic heterocycles. The van der Waals surface area contributed by atoms with Gasteiger partial charge in [-0.2, -0.15) is 0 Å². The van der Waals surface area contributed by atoms with Crippen molar-refractivity contribution >= 4 is 17.6 Å². The normalized spacial score (nSPS) is 10.6. The van der Waals surface area contributed by atoms with Crippen LogP contribution in [0.15, 0.2) is 97.3 Å². The summed E-state index contributed by atoms with van der Waals surface area (Å²) in [7, 11) is 0. The first-order valence-electron chi connectivity index (χ1n) is 10.00. The van der Waals surface area contributed by atoms with Gasteiger partial charge in [0.15, 0.2) is 0 Å². The van der Waals surface area contributed by atoms with Crippen molar-refractivity contribution in [3.63, 3.8) is 0 Å². The van der Waals surface area contributed by atoms with Crippen LogP contribution in [0.1, 0.15) is 36.0 Å². The molecule has 0 aliphatic carbocycles. The average Bonchev–Trinajstić information content (AvgIpc) is 2.79. The summed E-state index contributed by atoms with van der Waals surface area (Å²) < 4.78 is 0. The van der Waals surface area contributed by atoms with Crippen LogP contribution in [-0.2, 0) is 4.79 Å². The number of allylic oxidation sites excluding steroid dienone is 1. The first-order valence-corrected chi connectivity index (χ1v) is 10.00. The number of rotatable bonds is 9. The summed E-state index contributed by atoms with van der Waals surface area (Å²) in [6, 6.07) is 24.7. The standard InChI is InChI=1S/C26H26N2O/c29-26(18-17-22-11-10-19-27-21-22)28-20-9-3-8-16-25(23-12-4-1-5-13-23)24-14-6-2-7-15-24/h1-2,4-7,10-19,21H,3,8-9,20H2,(H,28,29)/b18-17+. The van der Waals surface area contributed by atoms with Crippen molar-refractivity contribution < 1.29 is 4.79 Å². The van der Waals surface area contributed by atoms with Crippen molar-refractivity contribution in [3.05, 3.63) is 114 Å². The average molecular weight is 383 g/mol. The molecular formula is C26H26N2O. The highest BCUT2D eigenvalue weighted by atomic mass is 16.1. The highest BCUT2D eigenvalue weighted by Gasteiger charge is 2.03. The van der Waals surface area contributed by atoms with E-state index >= 15 is 0 Å². The summed E-state index contributed by atoms with van der Waals surface area (Å²) >= 11 is 0. The Bertz CT molecular complexity index is 891. The molecule has 3 heteroatoms. The Labute approximate surface area is 172 Å². The maximum atomic E-state index is 11.9. The van der Waals surface area contributed by atoms with Crippen molar-refractivity contribution in [2.24, 2.45) is 0 Å². The molecule has 0 spiro atoms. The minimum absolute atomic E-state index is 0.0707. The van der Waals surface area contributed by atoms with Crippen molar-refractivity contribution in [1.29, 1.82) is 0 Å². The second-order valence-corrected chi connectivity index (χ2v) is 6.76. The number of aromatic nitrogens is 1. The molecule has 29 heavy (non-hydrogen) atoms. The molecule has 0 aliphatic heterocycles. The zero-order valence-corrected chi connectivity index (χ0v) is 16.5. The molecule has 0 atom stereocenters. The lowest BCUT2D eigenvalue weighted by molar-refractivity contribution is -0.116. The van der Waals surface area contributed by atoms with E-state index in [1.165, 1.54) is 16.7 Å². The molecule has 0 fully saturated rings. The third-order valence-corrected chi connectivity index (χ3v) is 4.56. The van der Waals surface area contributed by atoms with Crippen LogP contribution >= 0.6 is 0 Å². The number of hydrogen-bond donors (Lipinski definition) is 1. The van der Waals surface area contributed by atoms with Gasteiger partial charge in [-0.3, -0.25) is 9.78 Å². The number of amides is 1. The van der Waals surface area contributed by atoms with Crippen molar-refractivity contribution in [2.75, 3.05) is 6.54 Å². The van der Waals surface area contributed by atoms with Crippen LogP contribution in [0.2, 0.25) is 0 Å². The number of carbonyl (C=O) groups excluding carboxylic acids is 1. The molecule has 1 heterocycles. The Morgan fingerprint density at radius 3 is 2.17 bits per heavy atom. The molecule has 2 aromatic carbocycles. The van der Waals surface area contributed by atoms with Gasteiger partial charge < -0.3 is 5.32 Å². The quantitative estimate of drug-likeness (QED) is 0.391. The monoisotopic (exact) mass is 382 g/mol. The van der Waals surface area contributed by atoms with Gasteiger partial charge in [-0.15, -0.1) is 0 Å². The Kier molecular flexibility index (Phi) is 7.97. The fraction of sp³-hybridized carbons (Fsp3) is 0.154. The van der Waals surface area contributed by atoms with Gasteiger partial charge in [0.1, 0.15) is 0 Å². The number of hydrogen-bond acceptors (Lipinski definition) is 2. The topological polar surface area (TPSA) is 42.0 Å². The number of nitrogens with zero attached hydrogens (tertiary/aromatic N) is 1. The van der Waals surface area contributed by atoms with Crippen molar-refractivity contribution in [2.45, 2.75) is 19.3 Å². The third-order valence-electron chi connectivity index (χ3n) is 4.56. The van der Waals surface area contributed by atoms with E-state index in [9.17, 15) is 4.79 Å². The van der Waals surface area contributed by atoms with Gasteiger partial charge >= 0.3 is 0 Å². The lowest BCUT2D eigenvalue weighted by atomic mass is 9.96. The number of benzene rings is 2. The van der Waals surface area contributed by atoms with Gasteiger partial charge in [-0.05, 0) is 53.7 Å². The fourth-order valence-corrected chi connectivity index (χ4v) is 3.07. The number of nitrogens with one attached hydrogen (secondary N) is 1. The lowest BCUT2D eigenvalue weighted by Crippen LogP contribution is -2.21. The number of carbonyl (C=O) groups is 1. The Morgan fingerprint density at radius 1 is 0.862 bits per heavy atom. The van der Waals surface area contributed by atoms with E-state index in [4.69, 9.17) is 0 Å². The SMILES string of the molecule is O=C(/C=C/c1cccnc1)NCCCCC=C(c1ccccc1)c1ccccc1. The Morgan fingerprint density at radius 2 is 1.55 bits per heavy atom. The van der Waals surface area contributed by atoms with Crippen LogP contribution in [0.5, 0.6) is 0 Å². The van der Waals surface area contributed by atoms with Gasteiger partial charge in [0.05, 0.1) is 0 Å². The summed E-state index contributed by atoms with van der Waals surface area (Å²) in [5.74, 6) is -0.0707. The summed E-state index contributed by atoms with van der Waals surface area (Å²) in [5.41, 5.74) is 4.64. The molecule has 146 valence electrons. The van der Waals surface area contributed by atoms with Crippen LogP contribution in [0.3, 0.4) is 0 Å². The second-order valence-electron chi connectivity index (χ2n) is 6.76. The van der Waals surface area contributed by atoms with Gasteiger partial charge in [-0.1, -0.05) is 72.8 Å². The van der Waals surface area contributed by atoms with Crippen molar-refractivity contribution in [1.82, 2.24) is 10.3 Å². The second kappa shape index (κ2) is 11.4. The van der Waals surface area contributed by atoms with Gasteiger partial charge in [-0.25, -0.2) is 0 Å². The van der Waals surface area contributed by atoms with E-state index in [-0.39, 0.29) is 5.91 Å². The zero-order valence-electron chi connectivity index (χ0n) is 16.5. The fourth-order valence-electron chi connectivity index (χ4n) is 3.07. The predicted octanol–water partition coefficient (Wildman–Crippen LogP) is 5.51. The Hall–Kier alpha value is -3.46. The summed E-state index contributed by atoms with van der Waals surface area (Å²) in [6.07, 6.45) is 12.0. The predicted molar refractivity (Wildman–Crippen MR) is 120 cm³/mol. The summed E-state index contributed by atoms with van der Waals surface area (Å²) in [6.45, 7) is 0.677. The minimum Gasteiger partial charge on any atom is -0.353 e. The Balaban J connectivity index is 1.47. The smallest absolute Gasteiger partial charge is 0.243 e. The molecule has 1 N–H and O–H groups in total. The van der Waals surface area contributed by atoms with Crippen LogP contribution < -0.4 is 5.32 Å². The molecule has 0 saturated carbocycles. The van der Waals surface area contributed by atoms with Crippen LogP contribution in [0.4, 0.5) is 0 Å². The van der Waals surface area contributed by atoms with E-state index in [0.717, 1.165) is 24.8 Å². The van der Waals surface area contributed by atoms with E-state index in [2.05, 4.69) is 64.9 Å². The molecule has 1 amide bonds. The summed E-state index contributed by atoms with van der Waals surface area (Å²) in [4.78, 5) is 15.9. The van der Waals surface area contributed by atoms with Crippen LogP contribution in [-0.4, -0.2) is 17.4 Å². The van der Waals surface area contributed by atoms with Crippen LogP contribution in [0, 0.1) is 0 Å².